The van der Waals surface area contributed by atoms with E-state index in [0.29, 0.717) is 31.1 Å². The molecule has 2 aromatic carbocycles. The average molecular weight is 368 g/mol. The predicted molar refractivity (Wildman–Crippen MR) is 103 cm³/mol. The molecule has 0 aromatic heterocycles. The number of aryl methyl sites for hydroxylation is 1. The van der Waals surface area contributed by atoms with Crippen molar-refractivity contribution in [2.45, 2.75) is 26.4 Å². The molecule has 2 aromatic rings. The lowest BCUT2D eigenvalue weighted by molar-refractivity contribution is -0.125. The number of amides is 2. The van der Waals surface area contributed by atoms with Crippen molar-refractivity contribution in [1.29, 1.82) is 0 Å². The lowest BCUT2D eigenvalue weighted by atomic mass is 10.1. The van der Waals surface area contributed by atoms with E-state index in [1.54, 1.807) is 11.8 Å². The first-order chi connectivity index (χ1) is 13.1. The molecule has 0 saturated heterocycles. The molecule has 1 atom stereocenters. The molecule has 0 radical (unpaired) electrons. The molecule has 2 amide bonds. The van der Waals surface area contributed by atoms with Crippen LogP contribution in [-0.4, -0.2) is 37.6 Å². The van der Waals surface area contributed by atoms with Gasteiger partial charge in [-0.3, -0.25) is 9.59 Å². The maximum atomic E-state index is 12.4. The smallest absolute Gasteiger partial charge is 0.267 e. The Morgan fingerprint density at radius 3 is 2.74 bits per heavy atom. The number of anilines is 1. The number of para-hydroxylation sites is 3. The van der Waals surface area contributed by atoms with Crippen LogP contribution in [0.3, 0.4) is 0 Å². The summed E-state index contributed by atoms with van der Waals surface area (Å²) >= 11 is 0. The molecule has 1 aliphatic heterocycles. The Morgan fingerprint density at radius 2 is 1.93 bits per heavy atom. The van der Waals surface area contributed by atoms with Crippen LogP contribution in [0, 0.1) is 6.92 Å². The Balaban J connectivity index is 1.46. The number of carbonyl (C=O) groups excluding carboxylic acids is 2. The van der Waals surface area contributed by atoms with Gasteiger partial charge in [-0.2, -0.15) is 0 Å². The normalized spacial score (nSPS) is 15.7. The molecule has 0 spiro atoms. The molecule has 1 aliphatic rings. The van der Waals surface area contributed by atoms with E-state index in [1.807, 2.05) is 55.5 Å². The van der Waals surface area contributed by atoms with Crippen molar-refractivity contribution in [3.8, 4) is 11.5 Å². The van der Waals surface area contributed by atoms with Crippen molar-refractivity contribution in [3.05, 3.63) is 54.1 Å². The summed E-state index contributed by atoms with van der Waals surface area (Å²) in [6, 6.07) is 15.1. The van der Waals surface area contributed by atoms with E-state index < -0.39 is 6.10 Å². The van der Waals surface area contributed by atoms with Crippen LogP contribution >= 0.6 is 0 Å². The Morgan fingerprint density at radius 1 is 1.19 bits per heavy atom. The molecular weight excluding hydrogens is 344 g/mol. The summed E-state index contributed by atoms with van der Waals surface area (Å²) in [5, 5.41) is 2.83. The number of benzene rings is 2. The average Bonchev–Trinajstić information content (AvgIpc) is 2.67. The lowest BCUT2D eigenvalue weighted by Crippen LogP contribution is -2.45. The number of rotatable bonds is 7. The molecule has 6 heteroatoms. The van der Waals surface area contributed by atoms with Crippen LogP contribution in [0.25, 0.3) is 0 Å². The van der Waals surface area contributed by atoms with E-state index >= 15 is 0 Å². The maximum absolute atomic E-state index is 12.4. The topological polar surface area (TPSA) is 67.9 Å². The minimum absolute atomic E-state index is 0.118. The van der Waals surface area contributed by atoms with Gasteiger partial charge in [-0.25, -0.2) is 0 Å². The second-order valence-corrected chi connectivity index (χ2v) is 6.43. The molecule has 0 bridgehead atoms. The summed E-state index contributed by atoms with van der Waals surface area (Å²) in [7, 11) is 0. The van der Waals surface area contributed by atoms with Crippen LogP contribution < -0.4 is 19.7 Å². The number of hydrogen-bond donors (Lipinski definition) is 1. The van der Waals surface area contributed by atoms with Crippen LogP contribution in [-0.2, 0) is 9.59 Å². The predicted octanol–water partition coefficient (Wildman–Crippen LogP) is 2.69. The van der Waals surface area contributed by atoms with Gasteiger partial charge in [-0.15, -0.1) is 0 Å². The third-order valence-electron chi connectivity index (χ3n) is 4.41. The molecule has 0 fully saturated rings. The zero-order valence-electron chi connectivity index (χ0n) is 15.6. The van der Waals surface area contributed by atoms with E-state index in [2.05, 4.69) is 5.32 Å². The van der Waals surface area contributed by atoms with Gasteiger partial charge in [0.15, 0.2) is 6.10 Å². The standard InChI is InChI=1S/C21H24N2O4/c1-15-7-3-5-9-18(15)26-14-12-22-20(24)11-13-23-17-8-4-6-10-19(17)27-16(2)21(23)25/h3-10,16H,11-14H2,1-2H3,(H,22,24). The second-order valence-electron chi connectivity index (χ2n) is 6.43. The monoisotopic (exact) mass is 368 g/mol. The highest BCUT2D eigenvalue weighted by Crippen LogP contribution is 2.33. The highest BCUT2D eigenvalue weighted by Gasteiger charge is 2.31. The third-order valence-corrected chi connectivity index (χ3v) is 4.41. The van der Waals surface area contributed by atoms with Gasteiger partial charge in [-0.1, -0.05) is 30.3 Å². The fraction of sp³-hybridized carbons (Fsp3) is 0.333. The van der Waals surface area contributed by atoms with Gasteiger partial charge >= 0.3 is 0 Å². The van der Waals surface area contributed by atoms with E-state index in [-0.39, 0.29) is 18.2 Å². The van der Waals surface area contributed by atoms with Crippen molar-refractivity contribution in [1.82, 2.24) is 5.32 Å². The largest absolute Gasteiger partial charge is 0.491 e. The molecule has 1 N–H and O–H groups in total. The molecule has 6 nitrogen and oxygen atoms in total. The van der Waals surface area contributed by atoms with Crippen molar-refractivity contribution in [3.63, 3.8) is 0 Å². The second kappa shape index (κ2) is 8.58. The number of nitrogens with zero attached hydrogens (tertiary/aromatic N) is 1. The van der Waals surface area contributed by atoms with Crippen LogP contribution in [0.15, 0.2) is 48.5 Å². The molecule has 0 aliphatic carbocycles. The Hall–Kier alpha value is -3.02. The van der Waals surface area contributed by atoms with Crippen LogP contribution in [0.2, 0.25) is 0 Å². The maximum Gasteiger partial charge on any atom is 0.267 e. The van der Waals surface area contributed by atoms with E-state index in [0.717, 1.165) is 11.3 Å². The fourth-order valence-electron chi connectivity index (χ4n) is 2.96. The number of hydrogen-bond acceptors (Lipinski definition) is 4. The van der Waals surface area contributed by atoms with Gasteiger partial charge < -0.3 is 19.7 Å². The zero-order chi connectivity index (χ0) is 19.2. The molecule has 27 heavy (non-hydrogen) atoms. The summed E-state index contributed by atoms with van der Waals surface area (Å²) < 4.78 is 11.3. The van der Waals surface area contributed by atoms with Gasteiger partial charge in [-0.05, 0) is 37.6 Å². The summed E-state index contributed by atoms with van der Waals surface area (Å²) in [6.45, 7) is 4.82. The van der Waals surface area contributed by atoms with E-state index in [4.69, 9.17) is 9.47 Å². The first-order valence-electron chi connectivity index (χ1n) is 9.08. The minimum atomic E-state index is -0.550. The van der Waals surface area contributed by atoms with E-state index in [9.17, 15) is 9.59 Å². The third kappa shape index (κ3) is 4.58. The van der Waals surface area contributed by atoms with Gasteiger partial charge in [0.2, 0.25) is 5.91 Å². The summed E-state index contributed by atoms with van der Waals surface area (Å²) in [6.07, 6.45) is -0.331. The first-order valence-corrected chi connectivity index (χ1v) is 9.08. The molecular formula is C21H24N2O4. The first kappa shape index (κ1) is 18.8. The van der Waals surface area contributed by atoms with Crippen LogP contribution in [0.1, 0.15) is 18.9 Å². The SMILES string of the molecule is Cc1ccccc1OCCNC(=O)CCN1C(=O)C(C)Oc2ccccc21. The minimum Gasteiger partial charge on any atom is -0.491 e. The molecule has 0 saturated carbocycles. The molecule has 1 unspecified atom stereocenters. The van der Waals surface area contributed by atoms with Gasteiger partial charge in [0.25, 0.3) is 5.91 Å². The number of nitrogens with one attached hydrogen (secondary N) is 1. The van der Waals surface area contributed by atoms with Gasteiger partial charge in [0, 0.05) is 13.0 Å². The quantitative estimate of drug-likeness (QED) is 0.763. The van der Waals surface area contributed by atoms with Crippen molar-refractivity contribution in [2.24, 2.45) is 0 Å². The van der Waals surface area contributed by atoms with Crippen molar-refractivity contribution < 1.29 is 19.1 Å². The highest BCUT2D eigenvalue weighted by atomic mass is 16.5. The number of ether oxygens (including phenoxy) is 2. The highest BCUT2D eigenvalue weighted by molar-refractivity contribution is 6.00. The van der Waals surface area contributed by atoms with Gasteiger partial charge in [0.05, 0.1) is 12.2 Å². The zero-order valence-corrected chi connectivity index (χ0v) is 15.6. The Labute approximate surface area is 159 Å². The summed E-state index contributed by atoms with van der Waals surface area (Å²) in [5.41, 5.74) is 1.76. The van der Waals surface area contributed by atoms with Crippen LogP contribution in [0.5, 0.6) is 11.5 Å². The van der Waals surface area contributed by atoms with Crippen molar-refractivity contribution in [2.75, 3.05) is 24.6 Å². The van der Waals surface area contributed by atoms with Crippen LogP contribution in [0.4, 0.5) is 5.69 Å². The molecule has 3 rings (SSSR count). The van der Waals surface area contributed by atoms with Gasteiger partial charge in [0.1, 0.15) is 18.1 Å². The summed E-state index contributed by atoms with van der Waals surface area (Å²) in [4.78, 5) is 26.1. The Bertz CT molecular complexity index is 821. The molecule has 1 heterocycles. The van der Waals surface area contributed by atoms with Crippen molar-refractivity contribution >= 4 is 17.5 Å². The van der Waals surface area contributed by atoms with E-state index in [1.165, 1.54) is 0 Å². The fourth-order valence-corrected chi connectivity index (χ4v) is 2.96. The molecule has 142 valence electrons. The summed E-state index contributed by atoms with van der Waals surface area (Å²) in [5.74, 6) is 1.23. The number of fused-ring (bicyclic) bond motifs is 1. The lowest BCUT2D eigenvalue weighted by Gasteiger charge is -2.32. The Kier molecular flexibility index (Phi) is 5.96. The number of carbonyl (C=O) groups is 2.